The molecule has 4 aromatic heterocycles. The molecule has 2 aliphatic rings. The monoisotopic (exact) mass is 690 g/mol. The number of sulfone groups is 1. The molecule has 0 fully saturated rings. The first kappa shape index (κ1) is 28.9. The molecule has 2 aromatic carbocycles. The van der Waals surface area contributed by atoms with Gasteiger partial charge in [0.1, 0.15) is 9.66 Å². The van der Waals surface area contributed by atoms with Crippen molar-refractivity contribution in [3.63, 3.8) is 0 Å². The van der Waals surface area contributed by atoms with E-state index in [4.69, 9.17) is 24.4 Å². The van der Waals surface area contributed by atoms with E-state index >= 15 is 0 Å². The minimum atomic E-state index is -3.89. The maximum absolute atomic E-state index is 13.6. The highest BCUT2D eigenvalue weighted by Crippen LogP contribution is 2.35. The molecule has 4 heterocycles. The van der Waals surface area contributed by atoms with E-state index < -0.39 is 9.84 Å². The van der Waals surface area contributed by atoms with Crippen LogP contribution in [0.5, 0.6) is 0 Å². The number of aromatic amines is 2. The van der Waals surface area contributed by atoms with Gasteiger partial charge >= 0.3 is 0 Å². The molecule has 13 heteroatoms. The minimum Gasteiger partial charge on any atom is -0.323 e. The van der Waals surface area contributed by atoms with Crippen LogP contribution in [0.2, 0.25) is 0 Å². The third kappa shape index (κ3) is 4.58. The van der Waals surface area contributed by atoms with Crippen LogP contribution in [0.1, 0.15) is 46.6 Å². The number of nitrogens with one attached hydrogen (secondary N) is 2. The van der Waals surface area contributed by atoms with Crippen molar-refractivity contribution in [2.75, 3.05) is 0 Å². The first-order valence-corrected chi connectivity index (χ1v) is 18.7. The van der Waals surface area contributed by atoms with Crippen LogP contribution >= 0.6 is 47.1 Å². The van der Waals surface area contributed by atoms with Crippen molar-refractivity contribution in [3.8, 4) is 11.4 Å². The van der Waals surface area contributed by atoms with Gasteiger partial charge in [-0.05, 0) is 135 Å². The van der Waals surface area contributed by atoms with Crippen molar-refractivity contribution in [3.05, 3.63) is 99.7 Å². The number of nitrogens with zero attached hydrogens (tertiary/aromatic N) is 2. The summed E-state index contributed by atoms with van der Waals surface area (Å²) in [5, 5.41) is 1.36. The lowest BCUT2D eigenvalue weighted by Gasteiger charge is -2.12. The third-order valence-corrected chi connectivity index (χ3v) is 13.6. The highest BCUT2D eigenvalue weighted by atomic mass is 32.2. The Morgan fingerprint density at radius 2 is 0.978 bits per heavy atom. The van der Waals surface area contributed by atoms with Gasteiger partial charge in [0.05, 0.1) is 31.9 Å². The SMILES string of the molecule is O=c1c2c3c(sc2[nH]c(=S)n1-c1ccc(S(=O)(=O)c2ccc(-n4c(=S)[nH]c5sc6c(c5c4=O)CCCC6)cc2)cc1)CCCC3. The van der Waals surface area contributed by atoms with Crippen molar-refractivity contribution in [2.45, 2.75) is 61.2 Å². The molecule has 2 N–H and O–H groups in total. The van der Waals surface area contributed by atoms with Crippen molar-refractivity contribution in [1.29, 1.82) is 0 Å². The fourth-order valence-corrected chi connectivity index (χ4v) is 11.2. The van der Waals surface area contributed by atoms with E-state index in [9.17, 15) is 18.0 Å². The molecule has 0 bridgehead atoms. The lowest BCUT2D eigenvalue weighted by atomic mass is 9.97. The molecule has 45 heavy (non-hydrogen) atoms. The number of H-pyrrole nitrogens is 2. The van der Waals surface area contributed by atoms with Gasteiger partial charge < -0.3 is 9.97 Å². The fourth-order valence-electron chi connectivity index (χ4n) is 6.63. The van der Waals surface area contributed by atoms with Gasteiger partial charge in [-0.3, -0.25) is 18.7 Å². The van der Waals surface area contributed by atoms with E-state index in [1.807, 2.05) is 0 Å². The molecule has 0 spiro atoms. The van der Waals surface area contributed by atoms with Crippen molar-refractivity contribution < 1.29 is 8.42 Å². The first-order valence-electron chi connectivity index (χ1n) is 14.8. The van der Waals surface area contributed by atoms with Crippen LogP contribution < -0.4 is 11.1 Å². The summed E-state index contributed by atoms with van der Waals surface area (Å²) in [7, 11) is -3.89. The number of benzene rings is 2. The third-order valence-electron chi connectivity index (χ3n) is 8.83. The number of hydrogen-bond acceptors (Lipinski definition) is 8. The van der Waals surface area contributed by atoms with E-state index in [-0.39, 0.29) is 30.5 Å². The summed E-state index contributed by atoms with van der Waals surface area (Å²) in [5.74, 6) is 0. The maximum atomic E-state index is 13.6. The Bertz CT molecular complexity index is 2360. The van der Waals surface area contributed by atoms with E-state index in [1.54, 1.807) is 46.9 Å². The summed E-state index contributed by atoms with van der Waals surface area (Å²) >= 11 is 14.3. The second-order valence-electron chi connectivity index (χ2n) is 11.5. The topological polar surface area (TPSA) is 110 Å². The summed E-state index contributed by atoms with van der Waals surface area (Å²) in [5.41, 5.74) is 2.82. The summed E-state index contributed by atoms with van der Waals surface area (Å²) < 4.78 is 30.6. The Kier molecular flexibility index (Phi) is 6.95. The number of aryl methyl sites for hydroxylation is 4. The number of rotatable bonds is 4. The zero-order valence-corrected chi connectivity index (χ0v) is 27.9. The second-order valence-corrected chi connectivity index (χ2v) is 16.4. The molecule has 0 amide bonds. The molecule has 2 aliphatic carbocycles. The average Bonchev–Trinajstić information content (AvgIpc) is 3.59. The lowest BCUT2D eigenvalue weighted by Crippen LogP contribution is -2.21. The van der Waals surface area contributed by atoms with Gasteiger partial charge in [0.2, 0.25) is 9.84 Å². The summed E-state index contributed by atoms with van der Waals surface area (Å²) in [6.45, 7) is 0. The van der Waals surface area contributed by atoms with Crippen LogP contribution in [0, 0.1) is 9.54 Å². The number of hydrogen-bond donors (Lipinski definition) is 2. The van der Waals surface area contributed by atoms with Gasteiger partial charge in [-0.1, -0.05) is 0 Å². The Balaban J connectivity index is 1.13. The van der Waals surface area contributed by atoms with E-state index in [1.165, 1.54) is 43.2 Å². The highest BCUT2D eigenvalue weighted by molar-refractivity contribution is 7.91. The van der Waals surface area contributed by atoms with Gasteiger partial charge in [-0.25, -0.2) is 8.42 Å². The summed E-state index contributed by atoms with van der Waals surface area (Å²) in [4.78, 5) is 38.0. The molecule has 0 saturated carbocycles. The molecule has 0 radical (unpaired) electrons. The standard InChI is InChI=1S/C32H26N4O4S5/c37-29-25-21-5-1-3-7-23(21)43-27(25)33-31(41)35(29)17-9-13-19(14-10-17)45(39,40)20-15-11-18(12-16-20)36-30(38)26-22-6-2-4-8-24(22)44-28(26)34-32(36)42/h9-16H,1-8H2,(H,33,41)(H,34,42). The quantitative estimate of drug-likeness (QED) is 0.191. The predicted molar refractivity (Wildman–Crippen MR) is 184 cm³/mol. The Morgan fingerprint density at radius 3 is 1.38 bits per heavy atom. The Hall–Kier alpha value is -3.49. The zero-order chi connectivity index (χ0) is 31.0. The molecule has 0 aliphatic heterocycles. The molecule has 6 aromatic rings. The van der Waals surface area contributed by atoms with Crippen molar-refractivity contribution >= 4 is 77.4 Å². The normalized spacial score (nSPS) is 14.9. The molecular formula is C32H26N4O4S5. The highest BCUT2D eigenvalue weighted by Gasteiger charge is 2.23. The smallest absolute Gasteiger partial charge is 0.267 e. The minimum absolute atomic E-state index is 0.0803. The van der Waals surface area contributed by atoms with Crippen LogP contribution in [0.3, 0.4) is 0 Å². The van der Waals surface area contributed by atoms with E-state index in [0.29, 0.717) is 22.1 Å². The summed E-state index contributed by atoms with van der Waals surface area (Å²) in [6.07, 6.45) is 8.02. The van der Waals surface area contributed by atoms with Gasteiger partial charge in [-0.15, -0.1) is 22.7 Å². The molecule has 8 nitrogen and oxygen atoms in total. The van der Waals surface area contributed by atoms with Crippen LogP contribution in [0.4, 0.5) is 0 Å². The van der Waals surface area contributed by atoms with Gasteiger partial charge in [0.25, 0.3) is 11.1 Å². The number of fused-ring (bicyclic) bond motifs is 6. The Morgan fingerprint density at radius 1 is 0.600 bits per heavy atom. The number of aromatic nitrogens is 4. The Labute approximate surface area is 275 Å². The molecule has 0 unspecified atom stereocenters. The van der Waals surface area contributed by atoms with Crippen molar-refractivity contribution in [1.82, 2.24) is 19.1 Å². The van der Waals surface area contributed by atoms with E-state index in [0.717, 1.165) is 72.2 Å². The lowest BCUT2D eigenvalue weighted by molar-refractivity contribution is 0.596. The maximum Gasteiger partial charge on any atom is 0.267 e. The van der Waals surface area contributed by atoms with Crippen LogP contribution in [0.15, 0.2) is 67.9 Å². The molecule has 8 rings (SSSR count). The van der Waals surface area contributed by atoms with Gasteiger partial charge in [0, 0.05) is 9.75 Å². The number of thiophene rings is 2. The van der Waals surface area contributed by atoms with Crippen molar-refractivity contribution in [2.24, 2.45) is 0 Å². The average molecular weight is 691 g/mol. The molecule has 228 valence electrons. The second kappa shape index (κ2) is 10.8. The molecule has 0 atom stereocenters. The summed E-state index contributed by atoms with van der Waals surface area (Å²) in [6, 6.07) is 12.4. The van der Waals surface area contributed by atoms with Crippen LogP contribution in [0.25, 0.3) is 31.8 Å². The zero-order valence-electron chi connectivity index (χ0n) is 23.8. The molecular weight excluding hydrogens is 665 g/mol. The van der Waals surface area contributed by atoms with Gasteiger partial charge in [0.15, 0.2) is 9.54 Å². The largest absolute Gasteiger partial charge is 0.323 e. The predicted octanol–water partition coefficient (Wildman–Crippen LogP) is 7.12. The van der Waals surface area contributed by atoms with Crippen LogP contribution in [-0.4, -0.2) is 27.5 Å². The van der Waals surface area contributed by atoms with Gasteiger partial charge in [-0.2, -0.15) is 0 Å². The van der Waals surface area contributed by atoms with E-state index in [2.05, 4.69) is 9.97 Å². The first-order chi connectivity index (χ1) is 21.7. The fraction of sp³-hybridized carbons (Fsp3) is 0.250. The van der Waals surface area contributed by atoms with Crippen LogP contribution in [-0.2, 0) is 35.5 Å². The molecule has 0 saturated heterocycles.